The van der Waals surface area contributed by atoms with E-state index in [1.54, 1.807) is 18.9 Å². The van der Waals surface area contributed by atoms with Gasteiger partial charge in [-0.15, -0.1) is 0 Å². The van der Waals surface area contributed by atoms with Crippen LogP contribution in [0.3, 0.4) is 0 Å². The number of nitrogens with zero attached hydrogens (tertiary/aromatic N) is 2. The molecular weight excluding hydrogens is 284 g/mol. The van der Waals surface area contributed by atoms with Crippen LogP contribution in [-0.2, 0) is 23.6 Å². The first-order chi connectivity index (χ1) is 10.2. The summed E-state index contributed by atoms with van der Waals surface area (Å²) in [5.41, 5.74) is 4.44. The summed E-state index contributed by atoms with van der Waals surface area (Å²) in [6, 6.07) is 8.04. The maximum Gasteiger partial charge on any atom is 0.168 e. The first-order valence-electron chi connectivity index (χ1n) is 7.00. The Kier molecular flexibility index (Phi) is 5.85. The first-order valence-corrected chi connectivity index (χ1v) is 7.98. The van der Waals surface area contributed by atoms with Crippen molar-refractivity contribution in [2.75, 3.05) is 13.7 Å². The largest absolute Gasteiger partial charge is 0.392 e. The third-order valence-corrected chi connectivity index (χ3v) is 4.56. The molecule has 2 rings (SSSR count). The molecule has 0 fully saturated rings. The number of aliphatic hydroxyl groups is 1. The minimum Gasteiger partial charge on any atom is -0.392 e. The average molecular weight is 306 g/mol. The second-order valence-corrected chi connectivity index (χ2v) is 5.92. The van der Waals surface area contributed by atoms with Crippen LogP contribution in [0.5, 0.6) is 0 Å². The second kappa shape index (κ2) is 7.64. The molecule has 5 heteroatoms. The van der Waals surface area contributed by atoms with Crippen LogP contribution in [0, 0.1) is 13.8 Å². The smallest absolute Gasteiger partial charge is 0.168 e. The molecule has 0 atom stereocenters. The number of methoxy groups -OCH3 is 1. The molecule has 0 saturated heterocycles. The lowest BCUT2D eigenvalue weighted by molar-refractivity contribution is 0.184. The summed E-state index contributed by atoms with van der Waals surface area (Å²) < 4.78 is 7.39. The Morgan fingerprint density at radius 3 is 2.48 bits per heavy atom. The summed E-state index contributed by atoms with van der Waals surface area (Å²) in [4.78, 5) is 4.64. The van der Waals surface area contributed by atoms with Gasteiger partial charge in [-0.25, -0.2) is 4.98 Å². The molecule has 0 aliphatic rings. The maximum absolute atomic E-state index is 9.06. The number of thioether (sulfide) groups is 1. The van der Waals surface area contributed by atoms with Gasteiger partial charge in [0, 0.05) is 25.1 Å². The van der Waals surface area contributed by atoms with E-state index in [0.717, 1.165) is 28.7 Å². The number of hydrogen-bond acceptors (Lipinski definition) is 4. The van der Waals surface area contributed by atoms with Gasteiger partial charge in [-0.1, -0.05) is 36.0 Å². The van der Waals surface area contributed by atoms with Gasteiger partial charge < -0.3 is 14.4 Å². The average Bonchev–Trinajstić information content (AvgIpc) is 2.78. The molecule has 0 bridgehead atoms. The predicted octanol–water partition coefficient (Wildman–Crippen LogP) is 2.93. The molecule has 0 aliphatic carbocycles. The van der Waals surface area contributed by atoms with Crippen molar-refractivity contribution < 1.29 is 9.84 Å². The van der Waals surface area contributed by atoms with Crippen LogP contribution in [0.15, 0.2) is 29.4 Å². The predicted molar refractivity (Wildman–Crippen MR) is 85.5 cm³/mol. The minimum absolute atomic E-state index is 0.0905. The maximum atomic E-state index is 9.06. The van der Waals surface area contributed by atoms with Crippen molar-refractivity contribution in [3.8, 4) is 0 Å². The number of aryl methyl sites for hydroxylation is 1. The summed E-state index contributed by atoms with van der Waals surface area (Å²) in [6.45, 7) is 5.74. The van der Waals surface area contributed by atoms with Crippen LogP contribution in [0.2, 0.25) is 0 Å². The SMILES string of the molecule is COCCn1c(SCc2ccc(CO)cc2)nc(C)c1C. The summed E-state index contributed by atoms with van der Waals surface area (Å²) in [5.74, 6) is 0.870. The second-order valence-electron chi connectivity index (χ2n) is 4.97. The Bertz CT molecular complexity index is 579. The summed E-state index contributed by atoms with van der Waals surface area (Å²) in [6.07, 6.45) is 0. The third kappa shape index (κ3) is 4.09. The fourth-order valence-corrected chi connectivity index (χ4v) is 3.14. The highest BCUT2D eigenvalue weighted by molar-refractivity contribution is 7.98. The lowest BCUT2D eigenvalue weighted by atomic mass is 10.2. The van der Waals surface area contributed by atoms with Gasteiger partial charge in [0.2, 0.25) is 0 Å². The summed E-state index contributed by atoms with van der Waals surface area (Å²) in [7, 11) is 1.72. The topological polar surface area (TPSA) is 47.3 Å². The lowest BCUT2D eigenvalue weighted by Gasteiger charge is -2.09. The van der Waals surface area contributed by atoms with Crippen molar-refractivity contribution in [1.29, 1.82) is 0 Å². The van der Waals surface area contributed by atoms with Crippen LogP contribution >= 0.6 is 11.8 Å². The molecule has 1 aromatic heterocycles. The molecule has 21 heavy (non-hydrogen) atoms. The van der Waals surface area contributed by atoms with E-state index in [1.807, 2.05) is 19.1 Å². The van der Waals surface area contributed by atoms with Crippen molar-refractivity contribution in [1.82, 2.24) is 9.55 Å². The number of hydrogen-bond donors (Lipinski definition) is 1. The lowest BCUT2D eigenvalue weighted by Crippen LogP contribution is -2.07. The van der Waals surface area contributed by atoms with Gasteiger partial charge in [0.25, 0.3) is 0 Å². The molecule has 0 unspecified atom stereocenters. The first kappa shape index (κ1) is 16.1. The Balaban J connectivity index is 2.06. The molecule has 0 aliphatic heterocycles. The Morgan fingerprint density at radius 1 is 1.19 bits per heavy atom. The third-order valence-electron chi connectivity index (χ3n) is 3.52. The van der Waals surface area contributed by atoms with Crippen molar-refractivity contribution in [2.24, 2.45) is 0 Å². The molecule has 4 nitrogen and oxygen atoms in total. The van der Waals surface area contributed by atoms with Crippen LogP contribution in [0.4, 0.5) is 0 Å². The van der Waals surface area contributed by atoms with Crippen LogP contribution in [-0.4, -0.2) is 28.4 Å². The number of imidazole rings is 1. The Labute approximate surface area is 130 Å². The zero-order valence-electron chi connectivity index (χ0n) is 12.8. The number of aliphatic hydroxyl groups excluding tert-OH is 1. The molecular formula is C16H22N2O2S. The van der Waals surface area contributed by atoms with Gasteiger partial charge in [-0.2, -0.15) is 0 Å². The molecule has 0 amide bonds. The normalized spacial score (nSPS) is 11.0. The van der Waals surface area contributed by atoms with Gasteiger partial charge in [-0.05, 0) is 25.0 Å². The van der Waals surface area contributed by atoms with E-state index in [0.29, 0.717) is 6.61 Å². The van der Waals surface area contributed by atoms with E-state index in [9.17, 15) is 0 Å². The van der Waals surface area contributed by atoms with Gasteiger partial charge >= 0.3 is 0 Å². The van der Waals surface area contributed by atoms with Crippen molar-refractivity contribution in [3.05, 3.63) is 46.8 Å². The van der Waals surface area contributed by atoms with E-state index in [2.05, 4.69) is 28.6 Å². The molecule has 114 valence electrons. The molecule has 0 radical (unpaired) electrons. The molecule has 2 aromatic rings. The zero-order valence-corrected chi connectivity index (χ0v) is 13.6. The van der Waals surface area contributed by atoms with Gasteiger partial charge in [0.15, 0.2) is 5.16 Å². The molecule has 1 heterocycles. The van der Waals surface area contributed by atoms with Crippen LogP contribution < -0.4 is 0 Å². The molecule has 1 aromatic carbocycles. The van der Waals surface area contributed by atoms with Gasteiger partial charge in [0.05, 0.1) is 18.9 Å². The molecule has 0 saturated carbocycles. The summed E-state index contributed by atoms with van der Waals surface area (Å²) >= 11 is 1.73. The van der Waals surface area contributed by atoms with Crippen LogP contribution in [0.1, 0.15) is 22.5 Å². The van der Waals surface area contributed by atoms with Gasteiger partial charge in [0.1, 0.15) is 0 Å². The van der Waals surface area contributed by atoms with Crippen LogP contribution in [0.25, 0.3) is 0 Å². The molecule has 1 N–H and O–H groups in total. The number of aromatic nitrogens is 2. The summed E-state index contributed by atoms with van der Waals surface area (Å²) in [5, 5.41) is 10.1. The number of benzene rings is 1. The fraction of sp³-hybridized carbons (Fsp3) is 0.438. The highest BCUT2D eigenvalue weighted by Gasteiger charge is 2.11. The van der Waals surface area contributed by atoms with E-state index >= 15 is 0 Å². The number of ether oxygens (including phenoxy) is 1. The monoisotopic (exact) mass is 306 g/mol. The quantitative estimate of drug-likeness (QED) is 0.799. The van der Waals surface area contributed by atoms with Gasteiger partial charge in [-0.3, -0.25) is 0 Å². The standard InChI is InChI=1S/C16H22N2O2S/c1-12-13(2)18(8-9-20-3)16(17-12)21-11-15-6-4-14(10-19)5-7-15/h4-7,19H,8-11H2,1-3H3. The van der Waals surface area contributed by atoms with E-state index < -0.39 is 0 Å². The Hall–Kier alpha value is -1.30. The van der Waals surface area contributed by atoms with E-state index in [-0.39, 0.29) is 6.61 Å². The number of rotatable bonds is 7. The highest BCUT2D eigenvalue weighted by atomic mass is 32.2. The van der Waals surface area contributed by atoms with E-state index in [4.69, 9.17) is 9.84 Å². The van der Waals surface area contributed by atoms with Crippen molar-refractivity contribution in [2.45, 2.75) is 37.9 Å². The van der Waals surface area contributed by atoms with Crippen molar-refractivity contribution in [3.63, 3.8) is 0 Å². The fourth-order valence-electron chi connectivity index (χ4n) is 2.07. The zero-order chi connectivity index (χ0) is 15.2. The highest BCUT2D eigenvalue weighted by Crippen LogP contribution is 2.24. The van der Waals surface area contributed by atoms with E-state index in [1.165, 1.54) is 11.3 Å². The van der Waals surface area contributed by atoms with Crippen molar-refractivity contribution >= 4 is 11.8 Å². The minimum atomic E-state index is 0.0905. The Morgan fingerprint density at radius 2 is 1.86 bits per heavy atom. The molecule has 0 spiro atoms.